The molecule has 2 heterocycles. The Morgan fingerprint density at radius 1 is 1.38 bits per heavy atom. The van der Waals surface area contributed by atoms with Gasteiger partial charge in [-0.2, -0.15) is 5.10 Å². The van der Waals surface area contributed by atoms with Gasteiger partial charge in [-0.1, -0.05) is 0 Å². The molecule has 5 heteroatoms. The Balaban J connectivity index is 1.52. The Labute approximate surface area is 123 Å². The zero-order valence-electron chi connectivity index (χ0n) is 11.9. The summed E-state index contributed by atoms with van der Waals surface area (Å²) in [6, 6.07) is 9.28. The van der Waals surface area contributed by atoms with E-state index in [0.717, 1.165) is 31.6 Å². The molecule has 1 saturated heterocycles. The molecule has 1 aliphatic heterocycles. The topological polar surface area (TPSA) is 56.1 Å². The van der Waals surface area contributed by atoms with Gasteiger partial charge in [0.1, 0.15) is 0 Å². The van der Waals surface area contributed by atoms with Gasteiger partial charge in [0.05, 0.1) is 11.8 Å². The number of ether oxygens (including phenoxy) is 1. The quantitative estimate of drug-likeness (QED) is 0.916. The second-order valence-corrected chi connectivity index (χ2v) is 5.18. The van der Waals surface area contributed by atoms with Gasteiger partial charge >= 0.3 is 0 Å². The van der Waals surface area contributed by atoms with Crippen molar-refractivity contribution < 1.29 is 9.53 Å². The largest absolute Gasteiger partial charge is 0.378 e. The van der Waals surface area contributed by atoms with Crippen molar-refractivity contribution in [3.8, 4) is 5.69 Å². The molecular formula is C16H19N3O2. The molecular weight excluding hydrogens is 266 g/mol. The molecule has 5 nitrogen and oxygen atoms in total. The molecule has 1 amide bonds. The molecule has 1 aliphatic rings. The molecule has 110 valence electrons. The van der Waals surface area contributed by atoms with E-state index in [4.69, 9.17) is 4.74 Å². The maximum atomic E-state index is 12.0. The number of benzene rings is 1. The summed E-state index contributed by atoms with van der Waals surface area (Å²) in [5.74, 6) is -0.0417. The number of nitrogens with zero attached hydrogens (tertiary/aromatic N) is 2. The van der Waals surface area contributed by atoms with E-state index in [1.165, 1.54) is 0 Å². The first-order valence-corrected chi connectivity index (χ1v) is 7.33. The maximum absolute atomic E-state index is 12.0. The third-order valence-electron chi connectivity index (χ3n) is 3.67. The van der Waals surface area contributed by atoms with Crippen LogP contribution in [0.3, 0.4) is 0 Å². The lowest BCUT2D eigenvalue weighted by Crippen LogP contribution is -2.27. The van der Waals surface area contributed by atoms with E-state index >= 15 is 0 Å². The highest BCUT2D eigenvalue weighted by Crippen LogP contribution is 2.14. The number of aromatic nitrogens is 2. The van der Waals surface area contributed by atoms with Crippen molar-refractivity contribution >= 4 is 5.91 Å². The molecule has 3 rings (SSSR count). The lowest BCUT2D eigenvalue weighted by atomic mass is 10.1. The summed E-state index contributed by atoms with van der Waals surface area (Å²) in [5.41, 5.74) is 1.61. The minimum absolute atomic E-state index is 0.0417. The molecule has 1 N–H and O–H groups in total. The van der Waals surface area contributed by atoms with Crippen LogP contribution in [0.15, 0.2) is 42.7 Å². The van der Waals surface area contributed by atoms with Gasteiger partial charge in [-0.15, -0.1) is 0 Å². The second kappa shape index (κ2) is 6.54. The van der Waals surface area contributed by atoms with Crippen molar-refractivity contribution in [3.05, 3.63) is 48.3 Å². The van der Waals surface area contributed by atoms with Crippen LogP contribution in [-0.2, 0) is 4.74 Å². The monoisotopic (exact) mass is 285 g/mol. The first-order chi connectivity index (χ1) is 10.3. The van der Waals surface area contributed by atoms with Gasteiger partial charge < -0.3 is 10.1 Å². The molecule has 0 saturated carbocycles. The van der Waals surface area contributed by atoms with Gasteiger partial charge in [0.25, 0.3) is 5.91 Å². The summed E-state index contributed by atoms with van der Waals surface area (Å²) in [6.07, 6.45) is 7.04. The SMILES string of the molecule is O=C(NCC[C@@H]1CCCO1)c1ccc(-n2cccn2)cc1. The number of carbonyl (C=O) groups excluding carboxylic acids is 1. The number of rotatable bonds is 5. The minimum atomic E-state index is -0.0417. The molecule has 2 aromatic rings. The van der Waals surface area contributed by atoms with Gasteiger partial charge in [0.15, 0.2) is 0 Å². The summed E-state index contributed by atoms with van der Waals surface area (Å²) in [7, 11) is 0. The van der Waals surface area contributed by atoms with E-state index in [0.29, 0.717) is 18.2 Å². The molecule has 0 aliphatic carbocycles. The fourth-order valence-corrected chi connectivity index (χ4v) is 2.51. The molecule has 0 spiro atoms. The smallest absolute Gasteiger partial charge is 0.251 e. The zero-order valence-corrected chi connectivity index (χ0v) is 11.9. The number of hydrogen-bond donors (Lipinski definition) is 1. The van der Waals surface area contributed by atoms with E-state index in [1.54, 1.807) is 10.9 Å². The van der Waals surface area contributed by atoms with Crippen LogP contribution in [0.5, 0.6) is 0 Å². The van der Waals surface area contributed by atoms with Crippen LogP contribution >= 0.6 is 0 Å². The van der Waals surface area contributed by atoms with Crippen LogP contribution in [0.4, 0.5) is 0 Å². The molecule has 1 aromatic carbocycles. The Bertz CT molecular complexity index is 572. The van der Waals surface area contributed by atoms with Crippen molar-refractivity contribution in [3.63, 3.8) is 0 Å². The second-order valence-electron chi connectivity index (χ2n) is 5.18. The van der Waals surface area contributed by atoms with Crippen LogP contribution in [0, 0.1) is 0 Å². The lowest BCUT2D eigenvalue weighted by molar-refractivity contribution is 0.0907. The normalized spacial score (nSPS) is 17.8. The van der Waals surface area contributed by atoms with Crippen molar-refractivity contribution in [1.82, 2.24) is 15.1 Å². The Hall–Kier alpha value is -2.14. The third kappa shape index (κ3) is 3.49. The fourth-order valence-electron chi connectivity index (χ4n) is 2.51. The molecule has 1 atom stereocenters. The summed E-state index contributed by atoms with van der Waals surface area (Å²) in [5, 5.41) is 7.10. The van der Waals surface area contributed by atoms with Gasteiger partial charge in [-0.25, -0.2) is 4.68 Å². The first-order valence-electron chi connectivity index (χ1n) is 7.33. The van der Waals surface area contributed by atoms with Gasteiger partial charge in [0.2, 0.25) is 0 Å². The van der Waals surface area contributed by atoms with Gasteiger partial charge in [0, 0.05) is 31.1 Å². The summed E-state index contributed by atoms with van der Waals surface area (Å²) in [6.45, 7) is 1.51. The Morgan fingerprint density at radius 3 is 2.90 bits per heavy atom. The predicted octanol–water partition coefficient (Wildman–Crippen LogP) is 2.17. The van der Waals surface area contributed by atoms with Crippen LogP contribution in [0.25, 0.3) is 5.69 Å². The fraction of sp³-hybridized carbons (Fsp3) is 0.375. The van der Waals surface area contributed by atoms with E-state index in [-0.39, 0.29) is 5.91 Å². The van der Waals surface area contributed by atoms with Gasteiger partial charge in [-0.05, 0) is 49.6 Å². The zero-order chi connectivity index (χ0) is 14.5. The van der Waals surface area contributed by atoms with Crippen LogP contribution in [0.1, 0.15) is 29.6 Å². The van der Waals surface area contributed by atoms with E-state index in [1.807, 2.05) is 36.5 Å². The number of amides is 1. The van der Waals surface area contributed by atoms with E-state index in [2.05, 4.69) is 10.4 Å². The highest BCUT2D eigenvalue weighted by Gasteiger charge is 2.15. The molecule has 0 radical (unpaired) electrons. The molecule has 1 aromatic heterocycles. The number of carbonyl (C=O) groups is 1. The van der Waals surface area contributed by atoms with Crippen molar-refractivity contribution in [1.29, 1.82) is 0 Å². The Morgan fingerprint density at radius 2 is 2.24 bits per heavy atom. The first kappa shape index (κ1) is 13.8. The van der Waals surface area contributed by atoms with Crippen LogP contribution in [0.2, 0.25) is 0 Å². The summed E-state index contributed by atoms with van der Waals surface area (Å²) >= 11 is 0. The van der Waals surface area contributed by atoms with E-state index < -0.39 is 0 Å². The molecule has 21 heavy (non-hydrogen) atoms. The Kier molecular flexibility index (Phi) is 4.31. The van der Waals surface area contributed by atoms with Crippen LogP contribution < -0.4 is 5.32 Å². The van der Waals surface area contributed by atoms with Crippen molar-refractivity contribution in [2.75, 3.05) is 13.2 Å². The summed E-state index contributed by atoms with van der Waals surface area (Å²) < 4.78 is 7.30. The number of nitrogens with one attached hydrogen (secondary N) is 1. The van der Waals surface area contributed by atoms with Crippen LogP contribution in [-0.4, -0.2) is 34.9 Å². The van der Waals surface area contributed by atoms with Gasteiger partial charge in [-0.3, -0.25) is 4.79 Å². The lowest BCUT2D eigenvalue weighted by Gasteiger charge is -2.10. The highest BCUT2D eigenvalue weighted by atomic mass is 16.5. The van der Waals surface area contributed by atoms with Crippen molar-refractivity contribution in [2.24, 2.45) is 0 Å². The summed E-state index contributed by atoms with van der Waals surface area (Å²) in [4.78, 5) is 12.0. The molecule has 0 unspecified atom stereocenters. The average molecular weight is 285 g/mol. The molecule has 0 bridgehead atoms. The third-order valence-corrected chi connectivity index (χ3v) is 3.67. The van der Waals surface area contributed by atoms with Crippen molar-refractivity contribution in [2.45, 2.75) is 25.4 Å². The minimum Gasteiger partial charge on any atom is -0.378 e. The molecule has 1 fully saturated rings. The highest BCUT2D eigenvalue weighted by molar-refractivity contribution is 5.94. The average Bonchev–Trinajstić information content (AvgIpc) is 3.21. The van der Waals surface area contributed by atoms with E-state index in [9.17, 15) is 4.79 Å². The standard InChI is InChI=1S/C16H19N3O2/c20-16(17-10-8-15-3-1-12-21-15)13-4-6-14(7-5-13)19-11-2-9-18-19/h2,4-7,9,11,15H,1,3,8,10,12H2,(H,17,20)/t15-/m0/s1. The predicted molar refractivity (Wildman–Crippen MR) is 79.5 cm³/mol. The maximum Gasteiger partial charge on any atom is 0.251 e. The number of hydrogen-bond acceptors (Lipinski definition) is 3.